The second-order valence-corrected chi connectivity index (χ2v) is 6.37. The molecule has 0 saturated heterocycles. The van der Waals surface area contributed by atoms with Crippen molar-refractivity contribution in [2.45, 2.75) is 31.2 Å². The van der Waals surface area contributed by atoms with Crippen molar-refractivity contribution >= 4 is 17.7 Å². The van der Waals surface area contributed by atoms with Crippen molar-refractivity contribution in [2.75, 3.05) is 25.5 Å². The number of carbonyl (C=O) groups is 1. The highest BCUT2D eigenvalue weighted by atomic mass is 32.2. The number of ether oxygens (including phenoxy) is 1. The molecule has 0 aliphatic heterocycles. The summed E-state index contributed by atoms with van der Waals surface area (Å²) in [5, 5.41) is 10.5. The summed E-state index contributed by atoms with van der Waals surface area (Å²) in [7, 11) is 0. The number of nitrogens with one attached hydrogen (secondary N) is 1. The van der Waals surface area contributed by atoms with Crippen molar-refractivity contribution in [1.82, 2.24) is 25.1 Å². The topological polar surface area (TPSA) is 81.9 Å². The van der Waals surface area contributed by atoms with Crippen LogP contribution in [0.3, 0.4) is 0 Å². The van der Waals surface area contributed by atoms with Gasteiger partial charge in [-0.05, 0) is 25.5 Å². The molecule has 0 aliphatic rings. The molecule has 0 spiro atoms. The molecule has 0 saturated carbocycles. The molecule has 1 amide bonds. The first-order valence-corrected chi connectivity index (χ1v) is 9.27. The van der Waals surface area contributed by atoms with Crippen LogP contribution in [-0.4, -0.2) is 57.3 Å². The van der Waals surface area contributed by atoms with Crippen LogP contribution < -0.4 is 5.32 Å². The number of nitrogens with zero attached hydrogens (tertiary/aromatic N) is 4. The maximum absolute atomic E-state index is 12.2. The highest BCUT2D eigenvalue weighted by Crippen LogP contribution is 2.24. The Kier molecular flexibility index (Phi) is 8.04. The Morgan fingerprint density at radius 3 is 2.70 bits per heavy atom. The minimum absolute atomic E-state index is 0.185. The molecule has 148 valence electrons. The van der Waals surface area contributed by atoms with Gasteiger partial charge in [-0.15, -0.1) is 10.2 Å². The summed E-state index contributed by atoms with van der Waals surface area (Å²) in [4.78, 5) is 15.6. The number of carbonyl (C=O) groups excluding carboxylic acids is 1. The molecule has 0 bridgehead atoms. The van der Waals surface area contributed by atoms with Crippen LogP contribution in [0.15, 0.2) is 29.7 Å². The number of hydrogen-bond donors (Lipinski definition) is 1. The van der Waals surface area contributed by atoms with Crippen molar-refractivity contribution in [3.05, 3.63) is 24.5 Å². The first kappa shape index (κ1) is 21.2. The van der Waals surface area contributed by atoms with Crippen LogP contribution in [0.2, 0.25) is 0 Å². The van der Waals surface area contributed by atoms with E-state index in [-0.39, 0.29) is 5.75 Å². The van der Waals surface area contributed by atoms with E-state index in [4.69, 9.17) is 4.74 Å². The Morgan fingerprint density at radius 2 is 2.04 bits per heavy atom. The number of thioether (sulfide) groups is 1. The van der Waals surface area contributed by atoms with Crippen molar-refractivity contribution in [3.63, 3.8) is 0 Å². The Labute approximate surface area is 158 Å². The monoisotopic (exact) mass is 403 g/mol. The molecule has 2 aromatic rings. The van der Waals surface area contributed by atoms with Gasteiger partial charge in [0.2, 0.25) is 5.91 Å². The lowest BCUT2D eigenvalue weighted by molar-refractivity contribution is -0.136. The van der Waals surface area contributed by atoms with Crippen LogP contribution in [0.4, 0.5) is 13.2 Å². The number of pyridine rings is 1. The largest absolute Gasteiger partial charge is 0.405 e. The van der Waals surface area contributed by atoms with Gasteiger partial charge >= 0.3 is 6.18 Å². The van der Waals surface area contributed by atoms with E-state index in [1.54, 1.807) is 24.5 Å². The third-order valence-corrected chi connectivity index (χ3v) is 4.32. The molecule has 1 N–H and O–H groups in total. The number of rotatable bonds is 10. The number of hydrogen-bond acceptors (Lipinski definition) is 6. The Balaban J connectivity index is 2.06. The van der Waals surface area contributed by atoms with Gasteiger partial charge in [-0.1, -0.05) is 11.8 Å². The predicted octanol–water partition coefficient (Wildman–Crippen LogP) is 2.54. The van der Waals surface area contributed by atoms with Crippen molar-refractivity contribution in [3.8, 4) is 11.4 Å². The molecule has 2 rings (SSSR count). The number of alkyl halides is 3. The zero-order valence-corrected chi connectivity index (χ0v) is 15.5. The predicted molar refractivity (Wildman–Crippen MR) is 94.2 cm³/mol. The van der Waals surface area contributed by atoms with Gasteiger partial charge in [-0.2, -0.15) is 13.2 Å². The number of halogens is 3. The quantitative estimate of drug-likeness (QED) is 0.485. The van der Waals surface area contributed by atoms with Crippen LogP contribution in [0, 0.1) is 0 Å². The summed E-state index contributed by atoms with van der Waals surface area (Å²) in [6.07, 6.45) is -0.468. The van der Waals surface area contributed by atoms with Crippen LogP contribution in [0.1, 0.15) is 13.3 Å². The van der Waals surface area contributed by atoms with Crippen LogP contribution in [0.5, 0.6) is 0 Å². The first-order valence-electron chi connectivity index (χ1n) is 8.28. The van der Waals surface area contributed by atoms with E-state index in [2.05, 4.69) is 15.2 Å². The molecule has 0 radical (unpaired) electrons. The Morgan fingerprint density at radius 1 is 1.30 bits per heavy atom. The molecule has 27 heavy (non-hydrogen) atoms. The normalized spacial score (nSPS) is 11.6. The van der Waals surface area contributed by atoms with Gasteiger partial charge in [0.05, 0.1) is 5.75 Å². The molecule has 2 aromatic heterocycles. The van der Waals surface area contributed by atoms with E-state index in [0.29, 0.717) is 37.2 Å². The summed E-state index contributed by atoms with van der Waals surface area (Å²) in [5.41, 5.74) is 0.808. The number of aromatic nitrogens is 4. The molecular weight excluding hydrogens is 383 g/mol. The second-order valence-electron chi connectivity index (χ2n) is 5.42. The van der Waals surface area contributed by atoms with E-state index >= 15 is 0 Å². The van der Waals surface area contributed by atoms with E-state index in [1.165, 1.54) is 0 Å². The fourth-order valence-corrected chi connectivity index (χ4v) is 2.95. The van der Waals surface area contributed by atoms with Gasteiger partial charge in [0.15, 0.2) is 11.0 Å². The lowest BCUT2D eigenvalue weighted by atomic mass is 10.2. The average molecular weight is 403 g/mol. The SMILES string of the molecule is CCOCCCn1c(SCC(=O)NCC(F)(F)F)nnc1-c1ccncc1. The highest BCUT2D eigenvalue weighted by molar-refractivity contribution is 7.99. The summed E-state index contributed by atoms with van der Waals surface area (Å²) in [5.74, 6) is -0.297. The number of amides is 1. The molecule has 0 aromatic carbocycles. The molecule has 0 unspecified atom stereocenters. The van der Waals surface area contributed by atoms with Gasteiger partial charge < -0.3 is 14.6 Å². The third-order valence-electron chi connectivity index (χ3n) is 3.35. The smallest absolute Gasteiger partial charge is 0.382 e. The maximum Gasteiger partial charge on any atom is 0.405 e. The lowest BCUT2D eigenvalue weighted by Crippen LogP contribution is -2.34. The van der Waals surface area contributed by atoms with Crippen molar-refractivity contribution in [2.24, 2.45) is 0 Å². The minimum atomic E-state index is -4.44. The Hall–Kier alpha value is -2.14. The van der Waals surface area contributed by atoms with Gasteiger partial charge in [0.25, 0.3) is 0 Å². The summed E-state index contributed by atoms with van der Waals surface area (Å²) < 4.78 is 43.7. The molecule has 0 aliphatic carbocycles. The minimum Gasteiger partial charge on any atom is -0.382 e. The maximum atomic E-state index is 12.2. The van der Waals surface area contributed by atoms with Gasteiger partial charge in [0, 0.05) is 37.7 Å². The molecule has 0 atom stereocenters. The molecular formula is C16H20F3N5O2S. The second kappa shape index (κ2) is 10.3. The lowest BCUT2D eigenvalue weighted by Gasteiger charge is -2.11. The van der Waals surface area contributed by atoms with E-state index in [0.717, 1.165) is 17.3 Å². The fourth-order valence-electron chi connectivity index (χ4n) is 2.16. The third kappa shape index (κ3) is 7.18. The van der Waals surface area contributed by atoms with Gasteiger partial charge in [-0.25, -0.2) is 0 Å². The zero-order valence-electron chi connectivity index (χ0n) is 14.7. The zero-order chi connectivity index (χ0) is 19.7. The fraction of sp³-hybridized carbons (Fsp3) is 0.500. The van der Waals surface area contributed by atoms with E-state index < -0.39 is 18.6 Å². The Bertz CT molecular complexity index is 725. The highest BCUT2D eigenvalue weighted by Gasteiger charge is 2.27. The van der Waals surface area contributed by atoms with Crippen LogP contribution in [-0.2, 0) is 16.1 Å². The van der Waals surface area contributed by atoms with Crippen LogP contribution >= 0.6 is 11.8 Å². The van der Waals surface area contributed by atoms with Crippen LogP contribution in [0.25, 0.3) is 11.4 Å². The van der Waals surface area contributed by atoms with Crippen molar-refractivity contribution in [1.29, 1.82) is 0 Å². The van der Waals surface area contributed by atoms with E-state index in [1.807, 2.05) is 16.8 Å². The molecule has 2 heterocycles. The van der Waals surface area contributed by atoms with Gasteiger partial charge in [-0.3, -0.25) is 9.78 Å². The van der Waals surface area contributed by atoms with Gasteiger partial charge in [0.1, 0.15) is 6.54 Å². The summed E-state index contributed by atoms with van der Waals surface area (Å²) in [6.45, 7) is 2.27. The van der Waals surface area contributed by atoms with Crippen molar-refractivity contribution < 1.29 is 22.7 Å². The molecule has 0 fully saturated rings. The molecule has 7 nitrogen and oxygen atoms in total. The standard InChI is InChI=1S/C16H20F3N5O2S/c1-2-26-9-3-8-24-14(12-4-6-20-7-5-12)22-23-15(24)27-10-13(25)21-11-16(17,18)19/h4-7H,2-3,8-11H2,1H3,(H,21,25). The average Bonchev–Trinajstić information content (AvgIpc) is 3.05. The van der Waals surface area contributed by atoms with E-state index in [9.17, 15) is 18.0 Å². The summed E-state index contributed by atoms with van der Waals surface area (Å²) >= 11 is 1.04. The first-order chi connectivity index (χ1) is 12.9. The molecule has 11 heteroatoms. The summed E-state index contributed by atoms with van der Waals surface area (Å²) in [6, 6.07) is 3.57.